The van der Waals surface area contributed by atoms with Crippen molar-refractivity contribution in [2.75, 3.05) is 16.2 Å². The van der Waals surface area contributed by atoms with E-state index in [-0.39, 0.29) is 20.6 Å². The first-order valence-corrected chi connectivity index (χ1v) is 10.9. The highest BCUT2D eigenvalue weighted by atomic mass is 35.5. The largest absolute Gasteiger partial charge is 0.325 e. The molecular formula is C21H18Cl2N2O3S. The molecule has 3 rings (SSSR count). The zero-order valence-electron chi connectivity index (χ0n) is 15.5. The molecule has 0 bridgehead atoms. The average Bonchev–Trinajstić information content (AvgIpc) is 2.66. The van der Waals surface area contributed by atoms with Crippen LogP contribution in [0.25, 0.3) is 0 Å². The summed E-state index contributed by atoms with van der Waals surface area (Å²) in [5.74, 6) is -0.494. The van der Waals surface area contributed by atoms with Gasteiger partial charge in [-0.1, -0.05) is 53.5 Å². The van der Waals surface area contributed by atoms with Crippen LogP contribution in [0.3, 0.4) is 0 Å². The fourth-order valence-electron chi connectivity index (χ4n) is 2.77. The van der Waals surface area contributed by atoms with Gasteiger partial charge in [-0.05, 0) is 55.0 Å². The SMILES string of the molecule is Cc1cccc(NC(=O)CN(c2cc(Cl)cc(Cl)c2)S(=O)(=O)c2ccccc2)c1. The number of aryl methyl sites for hydroxylation is 1. The molecule has 0 atom stereocenters. The Bertz CT molecular complexity index is 1120. The maximum Gasteiger partial charge on any atom is 0.264 e. The Balaban J connectivity index is 1.98. The van der Waals surface area contributed by atoms with Crippen molar-refractivity contribution < 1.29 is 13.2 Å². The second-order valence-corrected chi connectivity index (χ2v) is 9.11. The summed E-state index contributed by atoms with van der Waals surface area (Å²) in [4.78, 5) is 12.7. The topological polar surface area (TPSA) is 66.5 Å². The van der Waals surface area contributed by atoms with E-state index in [9.17, 15) is 13.2 Å². The van der Waals surface area contributed by atoms with Crippen LogP contribution in [0.4, 0.5) is 11.4 Å². The number of rotatable bonds is 6. The third kappa shape index (κ3) is 5.29. The van der Waals surface area contributed by atoms with Crippen LogP contribution in [0, 0.1) is 6.92 Å². The predicted molar refractivity (Wildman–Crippen MR) is 117 cm³/mol. The lowest BCUT2D eigenvalue weighted by atomic mass is 10.2. The van der Waals surface area contributed by atoms with E-state index < -0.39 is 22.5 Å². The maximum atomic E-state index is 13.3. The summed E-state index contributed by atoms with van der Waals surface area (Å²) >= 11 is 12.1. The molecule has 1 amide bonds. The molecule has 0 aromatic heterocycles. The summed E-state index contributed by atoms with van der Waals surface area (Å²) in [5, 5.41) is 3.25. The van der Waals surface area contributed by atoms with E-state index in [4.69, 9.17) is 23.2 Å². The van der Waals surface area contributed by atoms with Gasteiger partial charge in [0.05, 0.1) is 10.6 Å². The fraction of sp³-hybridized carbons (Fsp3) is 0.0952. The van der Waals surface area contributed by atoms with Crippen LogP contribution in [-0.2, 0) is 14.8 Å². The molecule has 5 nitrogen and oxygen atoms in total. The number of carbonyl (C=O) groups excluding carboxylic acids is 1. The zero-order valence-corrected chi connectivity index (χ0v) is 17.8. The number of sulfonamides is 1. The Kier molecular flexibility index (Phi) is 6.47. The highest BCUT2D eigenvalue weighted by molar-refractivity contribution is 7.92. The second-order valence-electron chi connectivity index (χ2n) is 6.37. The van der Waals surface area contributed by atoms with E-state index in [1.807, 2.05) is 13.0 Å². The first kappa shape index (κ1) is 21.2. The lowest BCUT2D eigenvalue weighted by molar-refractivity contribution is -0.114. The molecule has 0 aliphatic rings. The second kappa shape index (κ2) is 8.86. The fourth-order valence-corrected chi connectivity index (χ4v) is 4.71. The van der Waals surface area contributed by atoms with Crippen molar-refractivity contribution in [2.24, 2.45) is 0 Å². The number of anilines is 2. The molecule has 150 valence electrons. The van der Waals surface area contributed by atoms with Crippen molar-refractivity contribution in [1.29, 1.82) is 0 Å². The van der Waals surface area contributed by atoms with Crippen LogP contribution >= 0.6 is 23.2 Å². The number of hydrogen-bond donors (Lipinski definition) is 1. The lowest BCUT2D eigenvalue weighted by Gasteiger charge is -2.24. The molecular weight excluding hydrogens is 431 g/mol. The summed E-state index contributed by atoms with van der Waals surface area (Å²) in [6.45, 7) is 1.46. The molecule has 0 heterocycles. The molecule has 8 heteroatoms. The Morgan fingerprint density at radius 2 is 1.59 bits per heavy atom. The van der Waals surface area contributed by atoms with Gasteiger partial charge < -0.3 is 5.32 Å². The third-order valence-corrected chi connectivity index (χ3v) is 6.28. The average molecular weight is 449 g/mol. The number of nitrogens with zero attached hydrogens (tertiary/aromatic N) is 1. The molecule has 1 N–H and O–H groups in total. The number of benzene rings is 3. The van der Waals surface area contributed by atoms with Gasteiger partial charge in [0, 0.05) is 15.7 Å². The number of carbonyl (C=O) groups is 1. The van der Waals surface area contributed by atoms with Crippen molar-refractivity contribution in [2.45, 2.75) is 11.8 Å². The van der Waals surface area contributed by atoms with E-state index in [1.165, 1.54) is 30.3 Å². The zero-order chi connectivity index (χ0) is 21.0. The molecule has 0 aliphatic heterocycles. The van der Waals surface area contributed by atoms with Crippen LogP contribution in [0.15, 0.2) is 77.7 Å². The molecule has 0 fully saturated rings. The van der Waals surface area contributed by atoms with Crippen LogP contribution in [0.1, 0.15) is 5.56 Å². The molecule has 0 spiro atoms. The molecule has 29 heavy (non-hydrogen) atoms. The lowest BCUT2D eigenvalue weighted by Crippen LogP contribution is -2.38. The van der Waals surface area contributed by atoms with E-state index in [2.05, 4.69) is 5.32 Å². The van der Waals surface area contributed by atoms with Gasteiger partial charge in [-0.15, -0.1) is 0 Å². The van der Waals surface area contributed by atoms with Gasteiger partial charge in [0.2, 0.25) is 5.91 Å². The van der Waals surface area contributed by atoms with Gasteiger partial charge in [0.1, 0.15) is 6.54 Å². The summed E-state index contributed by atoms with van der Waals surface area (Å²) in [6, 6.07) is 19.5. The van der Waals surface area contributed by atoms with Crippen LogP contribution in [0.2, 0.25) is 10.0 Å². The van der Waals surface area contributed by atoms with Crippen molar-refractivity contribution in [3.8, 4) is 0 Å². The standard InChI is InChI=1S/C21H18Cl2N2O3S/c1-15-6-5-7-18(10-15)24-21(26)14-25(19-12-16(22)11-17(23)13-19)29(27,28)20-8-3-2-4-9-20/h2-13H,14H2,1H3,(H,24,26). The molecule has 0 unspecified atom stereocenters. The van der Waals surface area contributed by atoms with E-state index in [0.717, 1.165) is 9.87 Å². The Morgan fingerprint density at radius 3 is 2.21 bits per heavy atom. The monoisotopic (exact) mass is 448 g/mol. The van der Waals surface area contributed by atoms with Gasteiger partial charge in [-0.3, -0.25) is 9.10 Å². The van der Waals surface area contributed by atoms with Crippen LogP contribution < -0.4 is 9.62 Å². The minimum atomic E-state index is -4.03. The Morgan fingerprint density at radius 1 is 0.931 bits per heavy atom. The summed E-state index contributed by atoms with van der Waals surface area (Å²) in [5.41, 5.74) is 1.75. The summed E-state index contributed by atoms with van der Waals surface area (Å²) in [7, 11) is -4.03. The van der Waals surface area contributed by atoms with E-state index >= 15 is 0 Å². The van der Waals surface area contributed by atoms with Gasteiger partial charge in [-0.25, -0.2) is 8.42 Å². The minimum absolute atomic E-state index is 0.0550. The van der Waals surface area contributed by atoms with Gasteiger partial charge >= 0.3 is 0 Å². The summed E-state index contributed by atoms with van der Waals surface area (Å²) in [6.07, 6.45) is 0. The number of nitrogens with one attached hydrogen (secondary N) is 1. The molecule has 0 aliphatic carbocycles. The van der Waals surface area contributed by atoms with Gasteiger partial charge in [0.25, 0.3) is 10.0 Å². The van der Waals surface area contributed by atoms with E-state index in [1.54, 1.807) is 36.4 Å². The quantitative estimate of drug-likeness (QED) is 0.567. The highest BCUT2D eigenvalue weighted by Gasteiger charge is 2.27. The number of amides is 1. The van der Waals surface area contributed by atoms with Crippen molar-refractivity contribution in [3.63, 3.8) is 0 Å². The molecule has 0 saturated heterocycles. The first-order chi connectivity index (χ1) is 13.8. The normalized spacial score (nSPS) is 11.1. The highest BCUT2D eigenvalue weighted by Crippen LogP contribution is 2.29. The van der Waals surface area contributed by atoms with E-state index in [0.29, 0.717) is 5.69 Å². The van der Waals surface area contributed by atoms with Crippen molar-refractivity contribution >= 4 is 50.5 Å². The summed E-state index contributed by atoms with van der Waals surface area (Å²) < 4.78 is 27.5. The van der Waals surface area contributed by atoms with Gasteiger partial charge in [-0.2, -0.15) is 0 Å². The van der Waals surface area contributed by atoms with Crippen LogP contribution in [0.5, 0.6) is 0 Å². The van der Waals surface area contributed by atoms with Gasteiger partial charge in [0.15, 0.2) is 0 Å². The van der Waals surface area contributed by atoms with Crippen LogP contribution in [-0.4, -0.2) is 20.9 Å². The smallest absolute Gasteiger partial charge is 0.264 e. The first-order valence-electron chi connectivity index (χ1n) is 8.66. The van der Waals surface area contributed by atoms with Crippen molar-refractivity contribution in [3.05, 3.63) is 88.4 Å². The minimum Gasteiger partial charge on any atom is -0.325 e. The molecule has 3 aromatic rings. The molecule has 0 radical (unpaired) electrons. The molecule has 3 aromatic carbocycles. The predicted octanol–water partition coefficient (Wildman–Crippen LogP) is 5.14. The number of halogens is 2. The van der Waals surface area contributed by atoms with Crippen molar-refractivity contribution in [1.82, 2.24) is 0 Å². The maximum absolute atomic E-state index is 13.3. The molecule has 0 saturated carbocycles. The third-order valence-electron chi connectivity index (χ3n) is 4.06. The number of hydrogen-bond acceptors (Lipinski definition) is 3. The Labute approximate surface area is 179 Å². The Hall–Kier alpha value is -2.54.